The van der Waals surface area contributed by atoms with Crippen molar-refractivity contribution in [2.75, 3.05) is 11.6 Å². The van der Waals surface area contributed by atoms with Gasteiger partial charge in [0.25, 0.3) is 0 Å². The fraction of sp³-hybridized carbons (Fsp3) is 0.433. The van der Waals surface area contributed by atoms with Gasteiger partial charge in [-0.1, -0.05) is 61.2 Å². The van der Waals surface area contributed by atoms with Crippen molar-refractivity contribution in [3.05, 3.63) is 71.3 Å². The molecule has 5 atom stereocenters. The predicted molar refractivity (Wildman–Crippen MR) is 151 cm³/mol. The lowest BCUT2D eigenvalue weighted by Gasteiger charge is -2.34. The Balaban J connectivity index is 1.32. The zero-order valence-corrected chi connectivity index (χ0v) is 23.3. The predicted octanol–water partition coefficient (Wildman–Crippen LogP) is 4.80. The van der Waals surface area contributed by atoms with Crippen molar-refractivity contribution in [1.82, 2.24) is 10.2 Å². The van der Waals surface area contributed by atoms with Crippen molar-refractivity contribution in [2.45, 2.75) is 67.3 Å². The number of ether oxygens (including phenoxy) is 1. The molecular weight excluding hydrogens is 534 g/mol. The van der Waals surface area contributed by atoms with Gasteiger partial charge in [0.05, 0.1) is 17.9 Å². The molecule has 0 aromatic heterocycles. The molecule has 2 N–H and O–H groups in total. The van der Waals surface area contributed by atoms with Crippen molar-refractivity contribution in [3.63, 3.8) is 0 Å². The third kappa shape index (κ3) is 4.77. The number of anilines is 1. The normalized spacial score (nSPS) is 29.5. The van der Waals surface area contributed by atoms with E-state index >= 15 is 0 Å². The largest absolute Gasteiger partial charge is 0.359 e. The molecule has 2 saturated heterocycles. The van der Waals surface area contributed by atoms with Crippen LogP contribution in [-0.4, -0.2) is 52.7 Å². The molecule has 9 heteroatoms. The minimum atomic E-state index is -1.18. The van der Waals surface area contributed by atoms with Crippen LogP contribution in [0, 0.1) is 11.8 Å². The SMILES string of the molecule is CSc1cccc(NC(=O)[C@@H]2[C@@H]3C=C[C@]4(O3)[C@@H]2C(=O)N(Cc2ccc(Cl)cc2)[C@@H]4C(=O)NC2CCCCC2)c1. The Kier molecular flexibility index (Phi) is 7.20. The van der Waals surface area contributed by atoms with Gasteiger partial charge in [0, 0.05) is 28.2 Å². The molecular formula is C30H32ClN3O4S. The molecule has 6 rings (SSSR count). The molecule has 39 heavy (non-hydrogen) atoms. The molecule has 3 amide bonds. The van der Waals surface area contributed by atoms with Crippen LogP contribution in [0.5, 0.6) is 0 Å². The van der Waals surface area contributed by atoms with Gasteiger partial charge in [-0.25, -0.2) is 0 Å². The first-order valence-corrected chi connectivity index (χ1v) is 15.2. The van der Waals surface area contributed by atoms with Crippen LogP contribution in [0.1, 0.15) is 37.7 Å². The molecule has 2 aromatic rings. The molecule has 1 aliphatic carbocycles. The number of carbonyl (C=O) groups excluding carboxylic acids is 3. The lowest BCUT2D eigenvalue weighted by Crippen LogP contribution is -2.56. The number of nitrogens with one attached hydrogen (secondary N) is 2. The fourth-order valence-corrected chi connectivity index (χ4v) is 7.26. The second-order valence-electron chi connectivity index (χ2n) is 10.9. The van der Waals surface area contributed by atoms with Crippen LogP contribution in [0.25, 0.3) is 0 Å². The van der Waals surface area contributed by atoms with Gasteiger partial charge >= 0.3 is 0 Å². The minimum absolute atomic E-state index is 0.0829. The van der Waals surface area contributed by atoms with Crippen LogP contribution in [-0.2, 0) is 25.7 Å². The van der Waals surface area contributed by atoms with Crippen molar-refractivity contribution in [1.29, 1.82) is 0 Å². The van der Waals surface area contributed by atoms with Crippen molar-refractivity contribution >= 4 is 46.8 Å². The van der Waals surface area contributed by atoms with E-state index < -0.39 is 29.6 Å². The summed E-state index contributed by atoms with van der Waals surface area (Å²) in [5, 5.41) is 6.82. The summed E-state index contributed by atoms with van der Waals surface area (Å²) in [6, 6.07) is 14.1. The van der Waals surface area contributed by atoms with Crippen molar-refractivity contribution in [2.24, 2.45) is 11.8 Å². The number of rotatable bonds is 7. The Morgan fingerprint density at radius 1 is 1.10 bits per heavy atom. The third-order valence-corrected chi connectivity index (χ3v) is 9.46. The summed E-state index contributed by atoms with van der Waals surface area (Å²) in [5.74, 6) is -2.25. The van der Waals surface area contributed by atoms with Gasteiger partial charge in [0.1, 0.15) is 11.6 Å². The number of amides is 3. The molecule has 0 radical (unpaired) electrons. The molecule has 2 bridgehead atoms. The van der Waals surface area contributed by atoms with E-state index in [-0.39, 0.29) is 30.3 Å². The third-order valence-electron chi connectivity index (χ3n) is 8.48. The monoisotopic (exact) mass is 565 g/mol. The molecule has 1 saturated carbocycles. The topological polar surface area (TPSA) is 87.7 Å². The lowest BCUT2D eigenvalue weighted by atomic mass is 9.74. The Bertz CT molecular complexity index is 1310. The number of likely N-dealkylation sites (tertiary alicyclic amines) is 1. The lowest BCUT2D eigenvalue weighted by molar-refractivity contribution is -0.142. The highest BCUT2D eigenvalue weighted by Gasteiger charge is 2.72. The second kappa shape index (κ2) is 10.6. The molecule has 7 nitrogen and oxygen atoms in total. The van der Waals surface area contributed by atoms with E-state index in [1.165, 1.54) is 6.42 Å². The number of fused-ring (bicyclic) bond motifs is 1. The Morgan fingerprint density at radius 2 is 1.87 bits per heavy atom. The maximum absolute atomic E-state index is 14.1. The average Bonchev–Trinajstić information content (AvgIpc) is 3.58. The quantitative estimate of drug-likeness (QED) is 0.372. The first-order chi connectivity index (χ1) is 18.9. The summed E-state index contributed by atoms with van der Waals surface area (Å²) in [6.07, 6.45) is 10.3. The zero-order valence-electron chi connectivity index (χ0n) is 21.8. The highest BCUT2D eigenvalue weighted by Crippen LogP contribution is 2.55. The van der Waals surface area contributed by atoms with E-state index in [1.54, 1.807) is 28.8 Å². The highest BCUT2D eigenvalue weighted by atomic mass is 35.5. The summed E-state index contributed by atoms with van der Waals surface area (Å²) in [7, 11) is 0. The summed E-state index contributed by atoms with van der Waals surface area (Å²) >= 11 is 7.68. The number of halogens is 1. The summed E-state index contributed by atoms with van der Waals surface area (Å²) in [5.41, 5.74) is 0.339. The summed E-state index contributed by atoms with van der Waals surface area (Å²) in [6.45, 7) is 0.225. The average molecular weight is 566 g/mol. The van der Waals surface area contributed by atoms with Crippen LogP contribution in [0.2, 0.25) is 5.02 Å². The van der Waals surface area contributed by atoms with Crippen LogP contribution in [0.3, 0.4) is 0 Å². The maximum atomic E-state index is 14.1. The molecule has 3 fully saturated rings. The minimum Gasteiger partial charge on any atom is -0.359 e. The van der Waals surface area contributed by atoms with Gasteiger partial charge in [-0.05, 0) is 55.0 Å². The second-order valence-corrected chi connectivity index (χ2v) is 12.2. The van der Waals surface area contributed by atoms with Crippen LogP contribution in [0.15, 0.2) is 65.6 Å². The Morgan fingerprint density at radius 3 is 2.62 bits per heavy atom. The standard InChI is InChI=1S/C30H32ClN3O4S/c1-39-22-9-5-8-21(16-22)33-27(35)24-23-14-15-30(38-23)25(24)29(37)34(17-18-10-12-19(31)13-11-18)26(30)28(36)32-20-6-3-2-4-7-20/h5,8-16,20,23-26H,2-4,6-7,17H2,1H3,(H,32,36)(H,33,35)/t23-,24+,25-,26+,30-/m0/s1. The number of carbonyl (C=O) groups is 3. The molecule has 1 spiro atoms. The molecule has 204 valence electrons. The smallest absolute Gasteiger partial charge is 0.246 e. The number of hydrogen-bond donors (Lipinski definition) is 2. The van der Waals surface area contributed by atoms with Gasteiger partial charge < -0.3 is 20.3 Å². The summed E-state index contributed by atoms with van der Waals surface area (Å²) in [4.78, 5) is 44.4. The molecule has 3 heterocycles. The fourth-order valence-electron chi connectivity index (χ4n) is 6.68. The van der Waals surface area contributed by atoms with Gasteiger partial charge in [0.15, 0.2) is 0 Å². The Hall–Kier alpha value is -2.81. The van der Waals surface area contributed by atoms with E-state index in [1.807, 2.05) is 54.8 Å². The summed E-state index contributed by atoms with van der Waals surface area (Å²) < 4.78 is 6.46. The highest BCUT2D eigenvalue weighted by molar-refractivity contribution is 7.98. The van der Waals surface area contributed by atoms with Crippen LogP contribution in [0.4, 0.5) is 5.69 Å². The molecule has 0 unspecified atom stereocenters. The molecule has 3 aliphatic heterocycles. The van der Waals surface area contributed by atoms with E-state index in [2.05, 4.69) is 10.6 Å². The first kappa shape index (κ1) is 26.4. The van der Waals surface area contributed by atoms with E-state index in [0.717, 1.165) is 36.1 Å². The molecule has 4 aliphatic rings. The van der Waals surface area contributed by atoms with Crippen molar-refractivity contribution in [3.8, 4) is 0 Å². The maximum Gasteiger partial charge on any atom is 0.246 e. The van der Waals surface area contributed by atoms with E-state index in [9.17, 15) is 14.4 Å². The van der Waals surface area contributed by atoms with Gasteiger partial charge in [-0.2, -0.15) is 0 Å². The number of benzene rings is 2. The zero-order chi connectivity index (χ0) is 27.1. The van der Waals surface area contributed by atoms with Gasteiger partial charge in [-0.3, -0.25) is 14.4 Å². The Labute approximate surface area is 237 Å². The van der Waals surface area contributed by atoms with Gasteiger partial charge in [-0.15, -0.1) is 11.8 Å². The van der Waals surface area contributed by atoms with Gasteiger partial charge in [0.2, 0.25) is 17.7 Å². The molecule has 2 aromatic carbocycles. The van der Waals surface area contributed by atoms with Crippen molar-refractivity contribution < 1.29 is 19.1 Å². The van der Waals surface area contributed by atoms with E-state index in [4.69, 9.17) is 16.3 Å². The number of nitrogens with zero attached hydrogens (tertiary/aromatic N) is 1. The van der Waals surface area contributed by atoms with Crippen LogP contribution < -0.4 is 10.6 Å². The number of thioether (sulfide) groups is 1. The van der Waals surface area contributed by atoms with Crippen LogP contribution >= 0.6 is 23.4 Å². The van der Waals surface area contributed by atoms with E-state index in [0.29, 0.717) is 10.7 Å². The first-order valence-electron chi connectivity index (χ1n) is 13.6. The number of hydrogen-bond acceptors (Lipinski definition) is 5.